The first-order valence-corrected chi connectivity index (χ1v) is 7.15. The van der Waals surface area contributed by atoms with E-state index in [1.807, 2.05) is 6.07 Å². The van der Waals surface area contributed by atoms with Crippen molar-refractivity contribution in [2.75, 3.05) is 10.6 Å². The number of nitrogens with one attached hydrogen (secondary N) is 2. The topological polar surface area (TPSA) is 66.9 Å². The molecule has 0 aliphatic rings. The summed E-state index contributed by atoms with van der Waals surface area (Å²) in [5.41, 5.74) is 0.343. The second-order valence-corrected chi connectivity index (χ2v) is 4.97. The molecule has 3 aromatic rings. The van der Waals surface area contributed by atoms with Gasteiger partial charge in [0.2, 0.25) is 0 Å². The van der Waals surface area contributed by atoms with Crippen LogP contribution in [-0.4, -0.2) is 16.1 Å². The predicted octanol–water partition coefficient (Wildman–Crippen LogP) is 3.89. The van der Waals surface area contributed by atoms with Gasteiger partial charge in [0, 0.05) is 5.69 Å². The molecule has 0 bridgehead atoms. The number of nitrogens with zero attached hydrogens (tertiary/aromatic N) is 2. The van der Waals surface area contributed by atoms with Crippen molar-refractivity contribution in [3.05, 3.63) is 77.7 Å². The largest absolute Gasteiger partial charge is 0.336 e. The molecule has 2 aromatic carbocycles. The molecule has 5 nitrogen and oxygen atoms in total. The Morgan fingerprint density at radius 2 is 1.60 bits per heavy atom. The Morgan fingerprint density at radius 1 is 0.840 bits per heavy atom. The van der Waals surface area contributed by atoms with Gasteiger partial charge in [-0.25, -0.2) is 13.2 Å². The number of rotatable bonds is 4. The van der Waals surface area contributed by atoms with Crippen molar-refractivity contribution in [1.29, 1.82) is 0 Å². The molecule has 8 heteroatoms. The zero-order valence-corrected chi connectivity index (χ0v) is 12.6. The van der Waals surface area contributed by atoms with E-state index in [4.69, 9.17) is 0 Å². The van der Waals surface area contributed by atoms with E-state index >= 15 is 0 Å². The van der Waals surface area contributed by atoms with Crippen molar-refractivity contribution < 1.29 is 18.0 Å². The molecule has 0 aliphatic heterocycles. The molecular formula is C17H11F3N4O. The molecule has 0 spiro atoms. The van der Waals surface area contributed by atoms with E-state index in [-0.39, 0.29) is 17.2 Å². The standard InChI is InChI=1S/C17H11F3N4O/c18-11-6-7-12(16(20)15(11)19)22-14-9-8-13(23-24-14)17(25)21-10-4-2-1-3-5-10/h1-9H,(H,21,25)(H,22,24). The van der Waals surface area contributed by atoms with Crippen molar-refractivity contribution in [1.82, 2.24) is 10.2 Å². The molecular weight excluding hydrogens is 333 g/mol. The van der Waals surface area contributed by atoms with E-state index < -0.39 is 23.4 Å². The fourth-order valence-electron chi connectivity index (χ4n) is 2.00. The maximum Gasteiger partial charge on any atom is 0.276 e. The number of anilines is 3. The SMILES string of the molecule is O=C(Nc1ccccc1)c1ccc(Nc2ccc(F)c(F)c2F)nn1. The highest BCUT2D eigenvalue weighted by molar-refractivity contribution is 6.02. The lowest BCUT2D eigenvalue weighted by molar-refractivity contribution is 0.102. The average molecular weight is 344 g/mol. The van der Waals surface area contributed by atoms with E-state index in [9.17, 15) is 18.0 Å². The third-order valence-corrected chi connectivity index (χ3v) is 3.23. The summed E-state index contributed by atoms with van der Waals surface area (Å²) < 4.78 is 39.7. The molecule has 0 unspecified atom stereocenters. The van der Waals surface area contributed by atoms with Gasteiger partial charge in [0.05, 0.1) is 5.69 Å². The van der Waals surface area contributed by atoms with Crippen molar-refractivity contribution in [3.63, 3.8) is 0 Å². The first-order chi connectivity index (χ1) is 12.0. The zero-order valence-electron chi connectivity index (χ0n) is 12.6. The molecule has 0 radical (unpaired) electrons. The Hall–Kier alpha value is -3.42. The number of hydrogen-bond donors (Lipinski definition) is 2. The molecule has 1 amide bonds. The van der Waals surface area contributed by atoms with E-state index in [1.165, 1.54) is 12.1 Å². The lowest BCUT2D eigenvalue weighted by Crippen LogP contribution is -2.14. The number of hydrogen-bond acceptors (Lipinski definition) is 4. The lowest BCUT2D eigenvalue weighted by Gasteiger charge is -2.08. The Balaban J connectivity index is 1.72. The number of carbonyl (C=O) groups is 1. The van der Waals surface area contributed by atoms with Gasteiger partial charge in [-0.3, -0.25) is 4.79 Å². The first-order valence-electron chi connectivity index (χ1n) is 7.15. The average Bonchev–Trinajstić information content (AvgIpc) is 2.63. The number of carbonyl (C=O) groups excluding carboxylic acids is 1. The Kier molecular flexibility index (Phi) is 4.60. The number of benzene rings is 2. The van der Waals surface area contributed by atoms with E-state index in [0.717, 1.165) is 12.1 Å². The lowest BCUT2D eigenvalue weighted by atomic mass is 10.2. The number of halogens is 3. The van der Waals surface area contributed by atoms with E-state index in [2.05, 4.69) is 20.8 Å². The van der Waals surface area contributed by atoms with Gasteiger partial charge in [-0.05, 0) is 36.4 Å². The van der Waals surface area contributed by atoms with Crippen LogP contribution in [0.3, 0.4) is 0 Å². The van der Waals surface area contributed by atoms with Crippen LogP contribution in [0.25, 0.3) is 0 Å². The van der Waals surface area contributed by atoms with Crippen LogP contribution in [0.5, 0.6) is 0 Å². The van der Waals surface area contributed by atoms with Gasteiger partial charge >= 0.3 is 0 Å². The molecule has 0 saturated heterocycles. The van der Waals surface area contributed by atoms with Crippen molar-refractivity contribution in [2.45, 2.75) is 0 Å². The second-order valence-electron chi connectivity index (χ2n) is 4.97. The number of amides is 1. The molecule has 0 atom stereocenters. The fraction of sp³-hybridized carbons (Fsp3) is 0. The summed E-state index contributed by atoms with van der Waals surface area (Å²) >= 11 is 0. The van der Waals surface area contributed by atoms with Crippen LogP contribution in [0, 0.1) is 17.5 Å². The molecule has 126 valence electrons. The Labute approximate surface area is 140 Å². The molecule has 1 aromatic heterocycles. The zero-order chi connectivity index (χ0) is 17.8. The third-order valence-electron chi connectivity index (χ3n) is 3.23. The highest BCUT2D eigenvalue weighted by Crippen LogP contribution is 2.22. The molecule has 0 fully saturated rings. The van der Waals surface area contributed by atoms with Gasteiger partial charge in [0.15, 0.2) is 29.0 Å². The van der Waals surface area contributed by atoms with Crippen LogP contribution in [-0.2, 0) is 0 Å². The van der Waals surface area contributed by atoms with Gasteiger partial charge in [-0.15, -0.1) is 10.2 Å². The maximum absolute atomic E-state index is 13.6. The molecule has 2 N–H and O–H groups in total. The van der Waals surface area contributed by atoms with Crippen LogP contribution in [0.2, 0.25) is 0 Å². The summed E-state index contributed by atoms with van der Waals surface area (Å²) in [5, 5.41) is 12.6. The molecule has 0 saturated carbocycles. The molecule has 1 heterocycles. The molecule has 3 rings (SSSR count). The van der Waals surface area contributed by atoms with Gasteiger partial charge in [-0.1, -0.05) is 18.2 Å². The van der Waals surface area contributed by atoms with Gasteiger partial charge in [0.1, 0.15) is 0 Å². The summed E-state index contributed by atoms with van der Waals surface area (Å²) in [7, 11) is 0. The van der Waals surface area contributed by atoms with Gasteiger partial charge in [-0.2, -0.15) is 0 Å². The summed E-state index contributed by atoms with van der Waals surface area (Å²) in [6.07, 6.45) is 0. The van der Waals surface area contributed by atoms with Crippen molar-refractivity contribution in [2.24, 2.45) is 0 Å². The molecule has 0 aliphatic carbocycles. The second kappa shape index (κ2) is 7.00. The summed E-state index contributed by atoms with van der Waals surface area (Å²) in [6.45, 7) is 0. The van der Waals surface area contributed by atoms with Crippen LogP contribution in [0.1, 0.15) is 10.5 Å². The minimum Gasteiger partial charge on any atom is -0.336 e. The third kappa shape index (κ3) is 3.74. The normalized spacial score (nSPS) is 10.4. The number of para-hydroxylation sites is 1. The quantitative estimate of drug-likeness (QED) is 0.705. The predicted molar refractivity (Wildman–Crippen MR) is 86.0 cm³/mol. The Bertz CT molecular complexity index is 902. The first kappa shape index (κ1) is 16.4. The summed E-state index contributed by atoms with van der Waals surface area (Å²) in [5.74, 6) is -4.64. The van der Waals surface area contributed by atoms with Crippen LogP contribution in [0.15, 0.2) is 54.6 Å². The highest BCUT2D eigenvalue weighted by Gasteiger charge is 2.14. The monoisotopic (exact) mass is 344 g/mol. The van der Waals surface area contributed by atoms with Crippen LogP contribution in [0.4, 0.5) is 30.4 Å². The minimum absolute atomic E-state index is 0.0418. The fourth-order valence-corrected chi connectivity index (χ4v) is 2.00. The Morgan fingerprint density at radius 3 is 2.28 bits per heavy atom. The maximum atomic E-state index is 13.6. The van der Waals surface area contributed by atoms with Crippen molar-refractivity contribution in [3.8, 4) is 0 Å². The summed E-state index contributed by atoms with van der Waals surface area (Å²) in [4.78, 5) is 12.0. The van der Waals surface area contributed by atoms with Crippen LogP contribution >= 0.6 is 0 Å². The molecule has 25 heavy (non-hydrogen) atoms. The van der Waals surface area contributed by atoms with Crippen LogP contribution < -0.4 is 10.6 Å². The van der Waals surface area contributed by atoms with Gasteiger partial charge in [0.25, 0.3) is 5.91 Å². The smallest absolute Gasteiger partial charge is 0.276 e. The van der Waals surface area contributed by atoms with Gasteiger partial charge < -0.3 is 10.6 Å². The van der Waals surface area contributed by atoms with Crippen molar-refractivity contribution >= 4 is 23.1 Å². The van der Waals surface area contributed by atoms with E-state index in [1.54, 1.807) is 24.3 Å². The minimum atomic E-state index is -1.59. The summed E-state index contributed by atoms with van der Waals surface area (Å²) in [6, 6.07) is 13.3. The van der Waals surface area contributed by atoms with E-state index in [0.29, 0.717) is 5.69 Å². The number of aromatic nitrogens is 2. The highest BCUT2D eigenvalue weighted by atomic mass is 19.2.